The molecule has 0 amide bonds. The Kier molecular flexibility index (Phi) is 8.44. The van der Waals surface area contributed by atoms with E-state index < -0.39 is 10.8 Å². The van der Waals surface area contributed by atoms with Crippen molar-refractivity contribution in [1.29, 1.82) is 0 Å². The van der Waals surface area contributed by atoms with Crippen LogP contribution in [0.4, 0.5) is 8.78 Å². The maximum Gasteiger partial charge on any atom is 0.137 e. The van der Waals surface area contributed by atoms with E-state index in [4.69, 9.17) is 0 Å². The first-order chi connectivity index (χ1) is 31.0. The van der Waals surface area contributed by atoms with Gasteiger partial charge in [0, 0.05) is 81.4 Å². The first-order valence-electron chi connectivity index (χ1n) is 21.4. The molecule has 0 nitrogen and oxygen atoms in total. The molecule has 0 fully saturated rings. The summed E-state index contributed by atoms with van der Waals surface area (Å²) in [6.07, 6.45) is 0. The summed E-state index contributed by atoms with van der Waals surface area (Å²) in [5.41, 5.74) is 9.56. The molecule has 0 aliphatic heterocycles. The van der Waals surface area contributed by atoms with Crippen molar-refractivity contribution in [3.63, 3.8) is 0 Å². The average Bonchev–Trinajstić information content (AvgIpc) is 4.15. The van der Waals surface area contributed by atoms with E-state index >= 15 is 8.78 Å². The fraction of sp³-hybridized carbons (Fsp3) is 0.143. The largest absolute Gasteiger partial charge is 0.206 e. The van der Waals surface area contributed by atoms with Crippen molar-refractivity contribution >= 4 is 96.2 Å². The van der Waals surface area contributed by atoms with E-state index in [1.807, 2.05) is 22.7 Å². The summed E-state index contributed by atoms with van der Waals surface area (Å²) in [4.78, 5) is 6.56. The molecule has 0 saturated heterocycles. The van der Waals surface area contributed by atoms with Gasteiger partial charge in [-0.1, -0.05) is 119 Å². The Bertz CT molecular complexity index is 3610. The van der Waals surface area contributed by atoms with E-state index in [1.165, 1.54) is 28.9 Å². The van der Waals surface area contributed by atoms with E-state index in [0.717, 1.165) is 84.2 Å². The SMILES string of the molecule is Cc1ccc(C2(c3ccc(C)cc3)c3c(F)c4c(c(F)c3-c3sc5cc(C)sc5c32)C(c2ccc(C)cc2)(c2ccc(C)cc2)c2c-4sc3cc(-c4cc5sc(C)cc5s4)sc23)cc1. The van der Waals surface area contributed by atoms with Gasteiger partial charge < -0.3 is 0 Å². The Morgan fingerprint density at radius 2 is 0.688 bits per heavy atom. The number of benzene rings is 5. The highest BCUT2D eigenvalue weighted by Crippen LogP contribution is 2.70. The minimum absolute atomic E-state index is 0.331. The Balaban J connectivity index is 1.21. The molecule has 0 unspecified atom stereocenters. The zero-order valence-corrected chi connectivity index (χ0v) is 40.7. The first kappa shape index (κ1) is 39.3. The summed E-state index contributed by atoms with van der Waals surface area (Å²) in [6, 6.07) is 43.3. The molecule has 64 heavy (non-hydrogen) atoms. The predicted molar refractivity (Wildman–Crippen MR) is 275 cm³/mol. The molecule has 11 aromatic rings. The Hall–Kier alpha value is -5.06. The second-order valence-electron chi connectivity index (χ2n) is 17.8. The van der Waals surface area contributed by atoms with Crippen molar-refractivity contribution in [3.05, 3.63) is 209 Å². The normalized spacial score (nSPS) is 14.5. The number of aryl methyl sites for hydroxylation is 6. The van der Waals surface area contributed by atoms with Crippen LogP contribution >= 0.6 is 68.0 Å². The predicted octanol–water partition coefficient (Wildman–Crippen LogP) is 18.0. The molecule has 6 aromatic heterocycles. The van der Waals surface area contributed by atoms with E-state index in [2.05, 4.69) is 163 Å². The van der Waals surface area contributed by atoms with Crippen LogP contribution in [0.25, 0.3) is 58.8 Å². The highest BCUT2D eigenvalue weighted by Gasteiger charge is 2.58. The van der Waals surface area contributed by atoms with Gasteiger partial charge in [0.15, 0.2) is 0 Å². The summed E-state index contributed by atoms with van der Waals surface area (Å²) >= 11 is 10.4. The standard InChI is InChI=1S/C56H38F2S6/c1-27-7-15-33(16-8-27)55(34-17-9-28(2)10-18-34)45-43(53-47(55)51-41(63-53)24-32(6)60-51)49(57)46-44(50(45)58)54-48(56(46,35-19-11-29(3)12-20-35)36-21-13-30(4)14-22-36)52-42(64-54)26-40(62-52)39-25-38-37(61-39)23-31(5)59-38/h7-26H,1-6H3. The van der Waals surface area contributed by atoms with Crippen LogP contribution < -0.4 is 0 Å². The van der Waals surface area contributed by atoms with Gasteiger partial charge in [0.1, 0.15) is 11.6 Å². The van der Waals surface area contributed by atoms with Crippen LogP contribution in [0, 0.1) is 53.2 Å². The molecular weight excluding hydrogens is 903 g/mol. The van der Waals surface area contributed by atoms with Crippen LogP contribution in [0.5, 0.6) is 0 Å². The lowest BCUT2D eigenvalue weighted by atomic mass is 9.65. The number of rotatable bonds is 5. The Labute approximate surface area is 394 Å². The van der Waals surface area contributed by atoms with Crippen molar-refractivity contribution in [3.8, 4) is 30.6 Å². The summed E-state index contributed by atoms with van der Waals surface area (Å²) in [5.74, 6) is -0.662. The van der Waals surface area contributed by atoms with E-state index in [1.54, 1.807) is 45.3 Å². The molecule has 0 bridgehead atoms. The molecule has 0 atom stereocenters. The fourth-order valence-electron chi connectivity index (χ4n) is 10.9. The molecule has 13 rings (SSSR count). The van der Waals surface area contributed by atoms with Crippen LogP contribution in [-0.2, 0) is 10.8 Å². The van der Waals surface area contributed by atoms with Gasteiger partial charge in [0.05, 0.1) is 20.2 Å². The monoisotopic (exact) mass is 940 g/mol. The van der Waals surface area contributed by atoms with Gasteiger partial charge in [0.25, 0.3) is 0 Å². The molecule has 6 heterocycles. The molecule has 2 aliphatic carbocycles. The zero-order chi connectivity index (χ0) is 43.6. The second kappa shape index (κ2) is 13.7. The smallest absolute Gasteiger partial charge is 0.137 e. The molecule has 0 radical (unpaired) electrons. The van der Waals surface area contributed by atoms with Crippen molar-refractivity contribution in [1.82, 2.24) is 0 Å². The maximum absolute atomic E-state index is 19.7. The number of thiophene rings is 6. The van der Waals surface area contributed by atoms with Gasteiger partial charge in [-0.2, -0.15) is 0 Å². The van der Waals surface area contributed by atoms with Gasteiger partial charge in [-0.05, 0) is 88.1 Å². The van der Waals surface area contributed by atoms with E-state index in [9.17, 15) is 0 Å². The minimum atomic E-state index is -1.15. The molecule has 0 saturated carbocycles. The zero-order valence-electron chi connectivity index (χ0n) is 35.8. The van der Waals surface area contributed by atoms with E-state index in [0.29, 0.717) is 22.3 Å². The minimum Gasteiger partial charge on any atom is -0.206 e. The van der Waals surface area contributed by atoms with Crippen molar-refractivity contribution in [2.45, 2.75) is 52.4 Å². The van der Waals surface area contributed by atoms with Gasteiger partial charge in [0.2, 0.25) is 0 Å². The lowest BCUT2D eigenvalue weighted by Crippen LogP contribution is -2.32. The molecule has 8 heteroatoms. The van der Waals surface area contributed by atoms with Gasteiger partial charge >= 0.3 is 0 Å². The summed E-state index contributed by atoms with van der Waals surface area (Å²) < 4.78 is 46.3. The molecule has 0 spiro atoms. The van der Waals surface area contributed by atoms with Crippen LogP contribution in [0.1, 0.15) is 76.5 Å². The lowest BCUT2D eigenvalue weighted by molar-refractivity contribution is 0.559. The maximum atomic E-state index is 19.7. The van der Waals surface area contributed by atoms with Crippen molar-refractivity contribution < 1.29 is 8.78 Å². The van der Waals surface area contributed by atoms with Gasteiger partial charge in [-0.15, -0.1) is 68.0 Å². The number of hydrogen-bond acceptors (Lipinski definition) is 6. The highest BCUT2D eigenvalue weighted by atomic mass is 32.1. The molecule has 312 valence electrons. The number of hydrogen-bond donors (Lipinski definition) is 0. The molecule has 5 aromatic carbocycles. The van der Waals surface area contributed by atoms with Crippen molar-refractivity contribution in [2.75, 3.05) is 0 Å². The first-order valence-corrected chi connectivity index (χ1v) is 26.3. The summed E-state index contributed by atoms with van der Waals surface area (Å²) in [6.45, 7) is 12.7. The van der Waals surface area contributed by atoms with E-state index in [-0.39, 0.29) is 11.6 Å². The third kappa shape index (κ3) is 5.10. The third-order valence-corrected chi connectivity index (χ3v) is 20.9. The third-order valence-electron chi connectivity index (χ3n) is 13.7. The van der Waals surface area contributed by atoms with Crippen LogP contribution in [0.2, 0.25) is 0 Å². The highest BCUT2D eigenvalue weighted by molar-refractivity contribution is 7.35. The topological polar surface area (TPSA) is 0 Å². The molecule has 2 aliphatic rings. The average molecular weight is 941 g/mol. The van der Waals surface area contributed by atoms with Crippen LogP contribution in [0.15, 0.2) is 121 Å². The quantitative estimate of drug-likeness (QED) is 0.161. The molecular formula is C56H38F2S6. The number of halogens is 2. The van der Waals surface area contributed by atoms with Crippen LogP contribution in [0.3, 0.4) is 0 Å². The van der Waals surface area contributed by atoms with Crippen molar-refractivity contribution in [2.24, 2.45) is 0 Å². The number of fused-ring (bicyclic) bond motifs is 11. The second-order valence-corrected chi connectivity index (χ2v) is 24.5. The Morgan fingerprint density at radius 1 is 0.344 bits per heavy atom. The lowest BCUT2D eigenvalue weighted by Gasteiger charge is -2.36. The summed E-state index contributed by atoms with van der Waals surface area (Å²) in [5, 5.41) is 0. The summed E-state index contributed by atoms with van der Waals surface area (Å²) in [7, 11) is 0. The molecule has 0 N–H and O–H groups in total. The van der Waals surface area contributed by atoms with Gasteiger partial charge in [-0.25, -0.2) is 8.78 Å². The Morgan fingerprint density at radius 3 is 1.12 bits per heavy atom. The van der Waals surface area contributed by atoms with Gasteiger partial charge in [-0.3, -0.25) is 0 Å². The van der Waals surface area contributed by atoms with Crippen LogP contribution in [-0.4, -0.2) is 0 Å². The fourth-order valence-corrected chi connectivity index (χ4v) is 18.8.